The van der Waals surface area contributed by atoms with Crippen molar-refractivity contribution in [2.75, 3.05) is 42.7 Å². The summed E-state index contributed by atoms with van der Waals surface area (Å²) in [7, 11) is 3.76. The highest BCUT2D eigenvalue weighted by Gasteiger charge is 2.17. The molecule has 0 radical (unpaired) electrons. The van der Waals surface area contributed by atoms with Crippen molar-refractivity contribution < 1.29 is 5.11 Å². The number of aliphatic hydroxyl groups is 1. The molecule has 7 heteroatoms. The van der Waals surface area contributed by atoms with Crippen LogP contribution in [0.2, 0.25) is 0 Å². The third-order valence-electron chi connectivity index (χ3n) is 2.70. The fraction of sp³-hybridized carbons (Fsp3) is 0.786. The molecule has 0 saturated carbocycles. The molecular weight excluding hydrogens is 268 g/mol. The van der Waals surface area contributed by atoms with E-state index in [-0.39, 0.29) is 5.41 Å². The van der Waals surface area contributed by atoms with Crippen molar-refractivity contribution in [1.29, 1.82) is 0 Å². The molecule has 0 fully saturated rings. The zero-order valence-electron chi connectivity index (χ0n) is 13.9. The molecule has 0 bridgehead atoms. The Kier molecular flexibility index (Phi) is 6.14. The molecule has 3 N–H and O–H groups in total. The van der Waals surface area contributed by atoms with E-state index in [0.29, 0.717) is 30.8 Å². The average Bonchev–Trinajstić information content (AvgIpc) is 2.34. The molecule has 0 saturated heterocycles. The largest absolute Gasteiger partial charge is 0.391 e. The Morgan fingerprint density at radius 1 is 1.10 bits per heavy atom. The van der Waals surface area contributed by atoms with E-state index in [2.05, 4.69) is 46.4 Å². The van der Waals surface area contributed by atoms with Gasteiger partial charge in [0.05, 0.1) is 6.10 Å². The minimum Gasteiger partial charge on any atom is -0.391 e. The van der Waals surface area contributed by atoms with E-state index in [1.807, 2.05) is 25.9 Å². The summed E-state index contributed by atoms with van der Waals surface area (Å²) >= 11 is 0. The molecule has 1 atom stereocenters. The lowest BCUT2D eigenvalue weighted by Gasteiger charge is -2.22. The van der Waals surface area contributed by atoms with Crippen molar-refractivity contribution in [3.63, 3.8) is 0 Å². The molecule has 1 unspecified atom stereocenters. The molecule has 0 aliphatic heterocycles. The molecule has 0 spiro atoms. The van der Waals surface area contributed by atoms with Crippen LogP contribution in [0.25, 0.3) is 0 Å². The molecule has 7 nitrogen and oxygen atoms in total. The number of nitrogens with one attached hydrogen (secondary N) is 2. The summed E-state index contributed by atoms with van der Waals surface area (Å²) in [6, 6.07) is 0. The summed E-state index contributed by atoms with van der Waals surface area (Å²) in [5.41, 5.74) is 0.0872. The molecular formula is C14H28N6O. The molecule has 21 heavy (non-hydrogen) atoms. The first-order chi connectivity index (χ1) is 9.71. The molecule has 0 aliphatic carbocycles. The van der Waals surface area contributed by atoms with E-state index in [4.69, 9.17) is 0 Å². The number of hydrogen-bond donors (Lipinski definition) is 3. The second kappa shape index (κ2) is 7.40. The van der Waals surface area contributed by atoms with Crippen molar-refractivity contribution in [3.8, 4) is 0 Å². The van der Waals surface area contributed by atoms with Crippen molar-refractivity contribution in [2.24, 2.45) is 5.41 Å². The summed E-state index contributed by atoms with van der Waals surface area (Å²) < 4.78 is 0. The molecule has 120 valence electrons. The number of hydrogen-bond acceptors (Lipinski definition) is 7. The van der Waals surface area contributed by atoms with Gasteiger partial charge in [-0.25, -0.2) is 0 Å². The lowest BCUT2D eigenvalue weighted by atomic mass is 9.89. The van der Waals surface area contributed by atoms with Gasteiger partial charge in [-0.1, -0.05) is 20.8 Å². The standard InChI is InChI=1S/C14H28N6O/c1-7-15-11-17-12(19-13(18-11)20(5)6)16-9-10(21)8-14(2,3)4/h10,21H,7-9H2,1-6H3,(H2,15,16,17,18,19). The summed E-state index contributed by atoms with van der Waals surface area (Å²) in [6.07, 6.45) is 0.276. The van der Waals surface area contributed by atoms with Crippen LogP contribution in [0.15, 0.2) is 0 Å². The molecule has 0 aliphatic rings. The number of nitrogens with zero attached hydrogens (tertiary/aromatic N) is 4. The van der Waals surface area contributed by atoms with Crippen LogP contribution in [-0.2, 0) is 0 Å². The quantitative estimate of drug-likeness (QED) is 0.704. The maximum Gasteiger partial charge on any atom is 0.231 e. The third-order valence-corrected chi connectivity index (χ3v) is 2.70. The van der Waals surface area contributed by atoms with Crippen molar-refractivity contribution in [3.05, 3.63) is 0 Å². The topological polar surface area (TPSA) is 86.2 Å². The van der Waals surface area contributed by atoms with Crippen molar-refractivity contribution in [2.45, 2.75) is 40.2 Å². The highest BCUT2D eigenvalue weighted by atomic mass is 16.3. The minimum atomic E-state index is -0.438. The zero-order chi connectivity index (χ0) is 16.0. The van der Waals surface area contributed by atoms with Crippen LogP contribution in [0, 0.1) is 5.41 Å². The molecule has 0 amide bonds. The number of aromatic nitrogens is 3. The summed E-state index contributed by atoms with van der Waals surface area (Å²) in [4.78, 5) is 14.7. The fourth-order valence-corrected chi connectivity index (χ4v) is 1.87. The Bertz CT molecular complexity index is 444. The number of aliphatic hydroxyl groups excluding tert-OH is 1. The summed E-state index contributed by atoms with van der Waals surface area (Å²) in [5.74, 6) is 1.58. The van der Waals surface area contributed by atoms with Gasteiger partial charge in [-0.15, -0.1) is 0 Å². The van der Waals surface area contributed by atoms with Gasteiger partial charge in [0.25, 0.3) is 0 Å². The molecule has 1 aromatic heterocycles. The number of anilines is 3. The van der Waals surface area contributed by atoms with Crippen LogP contribution in [0.4, 0.5) is 17.8 Å². The second-order valence-electron chi connectivity index (χ2n) is 6.51. The van der Waals surface area contributed by atoms with Crippen LogP contribution in [0.1, 0.15) is 34.1 Å². The molecule has 1 rings (SSSR count). The maximum absolute atomic E-state index is 10.0. The fourth-order valence-electron chi connectivity index (χ4n) is 1.87. The summed E-state index contributed by atoms with van der Waals surface area (Å²) in [6.45, 7) is 9.45. The van der Waals surface area contributed by atoms with E-state index in [9.17, 15) is 5.11 Å². The zero-order valence-corrected chi connectivity index (χ0v) is 13.9. The minimum absolute atomic E-state index is 0.0872. The normalized spacial score (nSPS) is 12.9. The Balaban J connectivity index is 2.73. The van der Waals surface area contributed by atoms with Crippen LogP contribution < -0.4 is 15.5 Å². The van der Waals surface area contributed by atoms with Gasteiger partial charge in [-0.05, 0) is 18.8 Å². The van der Waals surface area contributed by atoms with Crippen molar-refractivity contribution in [1.82, 2.24) is 15.0 Å². The highest BCUT2D eigenvalue weighted by molar-refractivity contribution is 5.42. The van der Waals surface area contributed by atoms with E-state index < -0.39 is 6.10 Å². The lowest BCUT2D eigenvalue weighted by molar-refractivity contribution is 0.132. The predicted octanol–water partition coefficient (Wildman–Crippen LogP) is 1.58. The van der Waals surface area contributed by atoms with Gasteiger partial charge in [-0.2, -0.15) is 15.0 Å². The maximum atomic E-state index is 10.0. The lowest BCUT2D eigenvalue weighted by Crippen LogP contribution is -2.26. The Labute approximate surface area is 127 Å². The van der Waals surface area contributed by atoms with E-state index in [1.54, 1.807) is 0 Å². The van der Waals surface area contributed by atoms with Gasteiger partial charge in [0.15, 0.2) is 0 Å². The van der Waals surface area contributed by atoms with Gasteiger partial charge in [0.2, 0.25) is 17.8 Å². The van der Waals surface area contributed by atoms with E-state index >= 15 is 0 Å². The van der Waals surface area contributed by atoms with Gasteiger partial charge < -0.3 is 20.6 Å². The molecule has 1 aromatic rings. The average molecular weight is 296 g/mol. The molecule has 1 heterocycles. The van der Waals surface area contributed by atoms with Gasteiger partial charge >= 0.3 is 0 Å². The monoisotopic (exact) mass is 296 g/mol. The van der Waals surface area contributed by atoms with E-state index in [0.717, 1.165) is 6.54 Å². The van der Waals surface area contributed by atoms with Gasteiger partial charge in [0, 0.05) is 27.2 Å². The summed E-state index contributed by atoms with van der Waals surface area (Å²) in [5, 5.41) is 16.2. The second-order valence-corrected chi connectivity index (χ2v) is 6.51. The van der Waals surface area contributed by atoms with Crippen LogP contribution >= 0.6 is 0 Å². The van der Waals surface area contributed by atoms with Gasteiger partial charge in [-0.3, -0.25) is 0 Å². The SMILES string of the molecule is CCNc1nc(NCC(O)CC(C)(C)C)nc(N(C)C)n1. The number of rotatable bonds is 7. The predicted molar refractivity (Wildman–Crippen MR) is 86.9 cm³/mol. The van der Waals surface area contributed by atoms with Crippen LogP contribution in [0.5, 0.6) is 0 Å². The van der Waals surface area contributed by atoms with Gasteiger partial charge in [0.1, 0.15) is 0 Å². The van der Waals surface area contributed by atoms with Crippen molar-refractivity contribution >= 4 is 17.8 Å². The van der Waals surface area contributed by atoms with Crippen LogP contribution in [-0.4, -0.2) is 53.3 Å². The molecule has 0 aromatic carbocycles. The van der Waals surface area contributed by atoms with E-state index in [1.165, 1.54) is 0 Å². The first-order valence-electron chi connectivity index (χ1n) is 7.30. The first kappa shape index (κ1) is 17.4. The third kappa shape index (κ3) is 6.57. The smallest absolute Gasteiger partial charge is 0.231 e. The first-order valence-corrected chi connectivity index (χ1v) is 7.30. The Morgan fingerprint density at radius 3 is 2.14 bits per heavy atom. The Morgan fingerprint density at radius 2 is 1.67 bits per heavy atom. The van der Waals surface area contributed by atoms with Crippen LogP contribution in [0.3, 0.4) is 0 Å². The Hall–Kier alpha value is -1.63. The highest BCUT2D eigenvalue weighted by Crippen LogP contribution is 2.21.